The van der Waals surface area contributed by atoms with Gasteiger partial charge in [0.25, 0.3) is 0 Å². The lowest BCUT2D eigenvalue weighted by Gasteiger charge is -2.35. The summed E-state index contributed by atoms with van der Waals surface area (Å²) < 4.78 is 5.55. The summed E-state index contributed by atoms with van der Waals surface area (Å²) in [5, 5.41) is 0. The van der Waals surface area contributed by atoms with Crippen LogP contribution in [-0.4, -0.2) is 35.9 Å². The van der Waals surface area contributed by atoms with Crippen molar-refractivity contribution < 1.29 is 9.53 Å². The van der Waals surface area contributed by atoms with Gasteiger partial charge in [-0.05, 0) is 19.9 Å². The predicted octanol–water partition coefficient (Wildman–Crippen LogP) is 2.64. The van der Waals surface area contributed by atoms with Crippen molar-refractivity contribution in [3.8, 4) is 5.75 Å². The highest BCUT2D eigenvalue weighted by molar-refractivity contribution is 6.18. The summed E-state index contributed by atoms with van der Waals surface area (Å²) in [4.78, 5) is 14.2. The highest BCUT2D eigenvalue weighted by atomic mass is 35.5. The number of rotatable bonds is 3. The van der Waals surface area contributed by atoms with Gasteiger partial charge in [-0.2, -0.15) is 0 Å². The molecular weight excluding hydrogens is 250 g/mol. The lowest BCUT2D eigenvalue weighted by Crippen LogP contribution is -2.48. The Kier molecular flexibility index (Phi) is 3.53. The van der Waals surface area contributed by atoms with E-state index in [0.717, 1.165) is 11.3 Å². The minimum absolute atomic E-state index is 0.0607. The van der Waals surface area contributed by atoms with E-state index >= 15 is 0 Å². The van der Waals surface area contributed by atoms with Crippen molar-refractivity contribution in [2.24, 2.45) is 0 Å². The highest BCUT2D eigenvalue weighted by Crippen LogP contribution is 2.35. The number of hydrogen-bond acceptors (Lipinski definition) is 2. The summed E-state index contributed by atoms with van der Waals surface area (Å²) in [6.07, 6.45) is 0. The van der Waals surface area contributed by atoms with Gasteiger partial charge in [0.15, 0.2) is 0 Å². The molecule has 0 radical (unpaired) electrons. The van der Waals surface area contributed by atoms with Gasteiger partial charge in [0.1, 0.15) is 18.3 Å². The molecule has 0 saturated carbocycles. The first-order valence-electron chi connectivity index (χ1n) is 6.03. The molecule has 0 aliphatic carbocycles. The molecule has 1 atom stereocenters. The molecule has 2 rings (SSSR count). The minimum atomic E-state index is -0.351. The highest BCUT2D eigenvalue weighted by Gasteiger charge is 2.36. The fourth-order valence-corrected chi connectivity index (χ4v) is 2.17. The number of carbonyl (C=O) groups excluding carboxylic acids is 1. The number of fused-ring (bicyclic) bond motifs is 1. The van der Waals surface area contributed by atoms with Crippen molar-refractivity contribution >= 4 is 17.5 Å². The number of ether oxygens (including phenoxy) is 1. The van der Waals surface area contributed by atoms with Crippen molar-refractivity contribution in [2.75, 3.05) is 19.5 Å². The standard InChI is InChI=1S/C14H18ClNO2/c1-14(2,9-15)16(3)13(17)11-8-18-12-7-5-4-6-10(11)12/h4-7,11H,8-9H2,1-3H3. The maximum atomic E-state index is 12.5. The van der Waals surface area contributed by atoms with Crippen molar-refractivity contribution in [3.05, 3.63) is 29.8 Å². The van der Waals surface area contributed by atoms with E-state index in [0.29, 0.717) is 12.5 Å². The van der Waals surface area contributed by atoms with Crippen LogP contribution in [0.4, 0.5) is 0 Å². The molecule has 98 valence electrons. The van der Waals surface area contributed by atoms with Gasteiger partial charge in [-0.25, -0.2) is 0 Å². The van der Waals surface area contributed by atoms with Crippen LogP contribution >= 0.6 is 11.6 Å². The Morgan fingerprint density at radius 3 is 2.83 bits per heavy atom. The van der Waals surface area contributed by atoms with Gasteiger partial charge in [-0.15, -0.1) is 11.6 Å². The smallest absolute Gasteiger partial charge is 0.233 e. The van der Waals surface area contributed by atoms with Gasteiger partial charge in [-0.3, -0.25) is 4.79 Å². The summed E-state index contributed by atoms with van der Waals surface area (Å²) in [5.41, 5.74) is 0.621. The van der Waals surface area contributed by atoms with Gasteiger partial charge < -0.3 is 9.64 Å². The van der Waals surface area contributed by atoms with Gasteiger partial charge in [-0.1, -0.05) is 18.2 Å². The van der Waals surface area contributed by atoms with E-state index in [1.54, 1.807) is 11.9 Å². The summed E-state index contributed by atoms with van der Waals surface area (Å²) in [7, 11) is 1.80. The zero-order chi connectivity index (χ0) is 13.3. The third-order valence-electron chi connectivity index (χ3n) is 3.56. The third kappa shape index (κ3) is 2.19. The molecular formula is C14H18ClNO2. The van der Waals surface area contributed by atoms with Crippen LogP contribution in [0.1, 0.15) is 25.3 Å². The summed E-state index contributed by atoms with van der Waals surface area (Å²) >= 11 is 5.91. The molecule has 1 aromatic carbocycles. The second kappa shape index (κ2) is 4.81. The Bertz CT molecular complexity index is 459. The van der Waals surface area contributed by atoms with Crippen LogP contribution in [0.15, 0.2) is 24.3 Å². The Morgan fingerprint density at radius 1 is 1.50 bits per heavy atom. The van der Waals surface area contributed by atoms with Crippen LogP contribution in [0.2, 0.25) is 0 Å². The Morgan fingerprint density at radius 2 is 2.17 bits per heavy atom. The van der Waals surface area contributed by atoms with Gasteiger partial charge in [0.2, 0.25) is 5.91 Å². The second-order valence-corrected chi connectivity index (χ2v) is 5.51. The zero-order valence-corrected chi connectivity index (χ0v) is 11.7. The molecule has 0 saturated heterocycles. The maximum Gasteiger partial charge on any atom is 0.233 e. The first-order chi connectivity index (χ1) is 8.47. The van der Waals surface area contributed by atoms with E-state index in [9.17, 15) is 4.79 Å². The van der Waals surface area contributed by atoms with Crippen molar-refractivity contribution in [3.63, 3.8) is 0 Å². The quantitative estimate of drug-likeness (QED) is 0.788. The van der Waals surface area contributed by atoms with Gasteiger partial charge in [0, 0.05) is 18.5 Å². The van der Waals surface area contributed by atoms with E-state index in [1.807, 2.05) is 38.1 Å². The molecule has 4 heteroatoms. The monoisotopic (exact) mass is 267 g/mol. The first-order valence-corrected chi connectivity index (χ1v) is 6.56. The Balaban J connectivity index is 2.22. The molecule has 1 unspecified atom stereocenters. The number of alkyl halides is 1. The summed E-state index contributed by atoms with van der Waals surface area (Å²) in [6, 6.07) is 7.69. The molecule has 0 fully saturated rings. The molecule has 1 aromatic rings. The molecule has 3 nitrogen and oxygen atoms in total. The van der Waals surface area contributed by atoms with Crippen LogP contribution in [0.25, 0.3) is 0 Å². The predicted molar refractivity (Wildman–Crippen MR) is 72.2 cm³/mol. The molecule has 1 amide bonds. The van der Waals surface area contributed by atoms with E-state index < -0.39 is 0 Å². The number of likely N-dealkylation sites (N-methyl/N-ethyl adjacent to an activating group) is 1. The van der Waals surface area contributed by atoms with Crippen LogP contribution in [-0.2, 0) is 4.79 Å². The zero-order valence-electron chi connectivity index (χ0n) is 10.9. The minimum Gasteiger partial charge on any atom is -0.492 e. The number of para-hydroxylation sites is 1. The summed E-state index contributed by atoms with van der Waals surface area (Å²) in [6.45, 7) is 4.33. The molecule has 1 aliphatic rings. The van der Waals surface area contributed by atoms with Gasteiger partial charge in [0.05, 0.1) is 5.54 Å². The number of benzene rings is 1. The molecule has 0 spiro atoms. The number of nitrogens with zero attached hydrogens (tertiary/aromatic N) is 1. The summed E-state index contributed by atoms with van der Waals surface area (Å²) in [5.74, 6) is 1.07. The van der Waals surface area contributed by atoms with E-state index in [4.69, 9.17) is 16.3 Å². The number of carbonyl (C=O) groups is 1. The topological polar surface area (TPSA) is 29.5 Å². The normalized spacial score (nSPS) is 18.1. The van der Waals surface area contributed by atoms with Crippen molar-refractivity contribution in [2.45, 2.75) is 25.3 Å². The Hall–Kier alpha value is -1.22. The second-order valence-electron chi connectivity index (χ2n) is 5.24. The van der Waals surface area contributed by atoms with E-state index in [-0.39, 0.29) is 17.4 Å². The molecule has 0 bridgehead atoms. The molecule has 1 aliphatic heterocycles. The largest absolute Gasteiger partial charge is 0.492 e. The molecule has 1 heterocycles. The number of amides is 1. The van der Waals surface area contributed by atoms with E-state index in [1.165, 1.54) is 0 Å². The lowest BCUT2D eigenvalue weighted by molar-refractivity contribution is -0.135. The lowest BCUT2D eigenvalue weighted by atomic mass is 9.97. The SMILES string of the molecule is CN(C(=O)C1COc2ccccc21)C(C)(C)CCl. The number of halogens is 1. The fraction of sp³-hybridized carbons (Fsp3) is 0.500. The first kappa shape index (κ1) is 13.2. The van der Waals surface area contributed by atoms with Gasteiger partial charge >= 0.3 is 0 Å². The third-order valence-corrected chi connectivity index (χ3v) is 4.22. The fourth-order valence-electron chi connectivity index (χ4n) is 1.99. The van der Waals surface area contributed by atoms with Crippen LogP contribution < -0.4 is 4.74 Å². The van der Waals surface area contributed by atoms with Crippen LogP contribution in [0.3, 0.4) is 0 Å². The average molecular weight is 268 g/mol. The average Bonchev–Trinajstić information content (AvgIpc) is 2.80. The van der Waals surface area contributed by atoms with Crippen molar-refractivity contribution in [1.29, 1.82) is 0 Å². The van der Waals surface area contributed by atoms with E-state index in [2.05, 4.69) is 0 Å². The van der Waals surface area contributed by atoms with Crippen LogP contribution in [0, 0.1) is 0 Å². The maximum absolute atomic E-state index is 12.5. The van der Waals surface area contributed by atoms with Crippen molar-refractivity contribution in [1.82, 2.24) is 4.90 Å². The molecule has 0 N–H and O–H groups in total. The number of hydrogen-bond donors (Lipinski definition) is 0. The Labute approximate surface area is 113 Å². The molecule has 18 heavy (non-hydrogen) atoms. The van der Waals surface area contributed by atoms with Crippen LogP contribution in [0.5, 0.6) is 5.75 Å². The molecule has 0 aromatic heterocycles.